The first kappa shape index (κ1) is 10.9. The number of nitrogens with two attached hydrogens (primary N) is 1. The Morgan fingerprint density at radius 1 is 1.25 bits per heavy atom. The highest BCUT2D eigenvalue weighted by Gasteiger charge is 2.21. The van der Waals surface area contributed by atoms with Crippen LogP contribution in [0, 0.1) is 0 Å². The lowest BCUT2D eigenvalue weighted by Gasteiger charge is -2.19. The number of aromatic amines is 1. The molecule has 0 saturated heterocycles. The zero-order valence-electron chi connectivity index (χ0n) is 9.70. The van der Waals surface area contributed by atoms with Crippen LogP contribution in [0.15, 0.2) is 36.4 Å². The third-order valence-corrected chi connectivity index (χ3v) is 2.89. The number of benzene rings is 1. The molecule has 0 atom stereocenters. The molecule has 0 amide bonds. The summed E-state index contributed by atoms with van der Waals surface area (Å²) in [5, 5.41) is 7.39. The van der Waals surface area contributed by atoms with E-state index in [1.54, 1.807) is 0 Å². The summed E-state index contributed by atoms with van der Waals surface area (Å²) in [6.45, 7) is 4.81. The highest BCUT2D eigenvalue weighted by Crippen LogP contribution is 2.24. The van der Waals surface area contributed by atoms with Crippen molar-refractivity contribution in [1.82, 2.24) is 10.2 Å². The number of nitrogens with zero attached hydrogens (tertiary/aromatic N) is 1. The Morgan fingerprint density at radius 2 is 1.94 bits per heavy atom. The summed E-state index contributed by atoms with van der Waals surface area (Å²) in [5.41, 5.74) is 8.85. The molecule has 3 heteroatoms. The van der Waals surface area contributed by atoms with Crippen LogP contribution in [0.1, 0.15) is 19.5 Å². The predicted molar refractivity (Wildman–Crippen MR) is 66.1 cm³/mol. The van der Waals surface area contributed by atoms with Gasteiger partial charge in [0.2, 0.25) is 0 Å². The van der Waals surface area contributed by atoms with E-state index in [1.807, 2.05) is 18.2 Å². The van der Waals surface area contributed by atoms with Gasteiger partial charge >= 0.3 is 0 Å². The van der Waals surface area contributed by atoms with Gasteiger partial charge in [-0.25, -0.2) is 0 Å². The molecule has 1 aromatic heterocycles. The van der Waals surface area contributed by atoms with E-state index in [9.17, 15) is 0 Å². The smallest absolute Gasteiger partial charge is 0.0923 e. The third-order valence-electron chi connectivity index (χ3n) is 2.89. The third kappa shape index (κ3) is 1.99. The van der Waals surface area contributed by atoms with Gasteiger partial charge in [0.15, 0.2) is 0 Å². The second-order valence-electron chi connectivity index (χ2n) is 4.62. The van der Waals surface area contributed by atoms with Crippen molar-refractivity contribution in [2.45, 2.75) is 19.3 Å². The molecule has 0 aliphatic carbocycles. The van der Waals surface area contributed by atoms with Crippen molar-refractivity contribution in [2.75, 3.05) is 6.54 Å². The molecule has 0 bridgehead atoms. The van der Waals surface area contributed by atoms with Gasteiger partial charge in [-0.3, -0.25) is 5.10 Å². The van der Waals surface area contributed by atoms with Crippen LogP contribution in [0.2, 0.25) is 0 Å². The van der Waals surface area contributed by atoms with Crippen LogP contribution < -0.4 is 5.73 Å². The minimum atomic E-state index is -0.0555. The minimum absolute atomic E-state index is 0.0555. The first-order valence-corrected chi connectivity index (χ1v) is 5.45. The van der Waals surface area contributed by atoms with Crippen molar-refractivity contribution in [2.24, 2.45) is 5.73 Å². The SMILES string of the molecule is CC(C)(CN)c1cc(-c2ccccc2)n[nH]1. The summed E-state index contributed by atoms with van der Waals surface area (Å²) in [6.07, 6.45) is 0. The molecule has 1 heterocycles. The van der Waals surface area contributed by atoms with Gasteiger partial charge in [-0.05, 0) is 6.07 Å². The topological polar surface area (TPSA) is 54.7 Å². The van der Waals surface area contributed by atoms with Crippen LogP contribution >= 0.6 is 0 Å². The van der Waals surface area contributed by atoms with Gasteiger partial charge in [0, 0.05) is 23.2 Å². The number of aromatic nitrogens is 2. The van der Waals surface area contributed by atoms with E-state index >= 15 is 0 Å². The molecule has 0 saturated carbocycles. The molecule has 0 radical (unpaired) electrons. The summed E-state index contributed by atoms with van der Waals surface area (Å²) >= 11 is 0. The number of nitrogens with one attached hydrogen (secondary N) is 1. The fraction of sp³-hybridized carbons (Fsp3) is 0.308. The second kappa shape index (κ2) is 4.10. The molecule has 84 valence electrons. The quantitative estimate of drug-likeness (QED) is 0.825. The average molecular weight is 215 g/mol. The van der Waals surface area contributed by atoms with E-state index in [1.165, 1.54) is 0 Å². The maximum absolute atomic E-state index is 5.74. The fourth-order valence-electron chi connectivity index (χ4n) is 1.54. The Labute approximate surface area is 95.7 Å². The largest absolute Gasteiger partial charge is 0.330 e. The minimum Gasteiger partial charge on any atom is -0.330 e. The van der Waals surface area contributed by atoms with Gasteiger partial charge < -0.3 is 5.73 Å². The van der Waals surface area contributed by atoms with Crippen molar-refractivity contribution in [3.05, 3.63) is 42.1 Å². The van der Waals surface area contributed by atoms with Crippen LogP contribution in [0.25, 0.3) is 11.3 Å². The number of rotatable bonds is 3. The van der Waals surface area contributed by atoms with Crippen molar-refractivity contribution in [3.63, 3.8) is 0 Å². The molecule has 0 fully saturated rings. The standard InChI is InChI=1S/C13H17N3/c1-13(2,9-14)12-8-11(15-16-12)10-6-4-3-5-7-10/h3-8H,9,14H2,1-2H3,(H,15,16). The van der Waals surface area contributed by atoms with Crippen molar-refractivity contribution < 1.29 is 0 Å². The Balaban J connectivity index is 2.34. The first-order chi connectivity index (χ1) is 7.63. The van der Waals surface area contributed by atoms with E-state index in [0.717, 1.165) is 17.0 Å². The van der Waals surface area contributed by atoms with Gasteiger partial charge in [0.1, 0.15) is 0 Å². The van der Waals surface area contributed by atoms with Crippen LogP contribution in [-0.4, -0.2) is 16.7 Å². The molecular weight excluding hydrogens is 198 g/mol. The molecule has 3 nitrogen and oxygen atoms in total. The summed E-state index contributed by atoms with van der Waals surface area (Å²) in [7, 11) is 0. The van der Waals surface area contributed by atoms with Crippen LogP contribution in [0.3, 0.4) is 0 Å². The number of hydrogen-bond donors (Lipinski definition) is 2. The molecular formula is C13H17N3. The van der Waals surface area contributed by atoms with Crippen molar-refractivity contribution in [1.29, 1.82) is 0 Å². The number of H-pyrrole nitrogens is 1. The van der Waals surface area contributed by atoms with Gasteiger partial charge in [0.25, 0.3) is 0 Å². The molecule has 1 aromatic carbocycles. The molecule has 0 aliphatic heterocycles. The normalized spacial score (nSPS) is 11.7. The summed E-state index contributed by atoms with van der Waals surface area (Å²) in [4.78, 5) is 0. The Hall–Kier alpha value is -1.61. The van der Waals surface area contributed by atoms with Crippen LogP contribution in [0.4, 0.5) is 0 Å². The summed E-state index contributed by atoms with van der Waals surface area (Å²) in [6, 6.07) is 12.2. The van der Waals surface area contributed by atoms with Gasteiger partial charge in [-0.2, -0.15) is 5.10 Å². The summed E-state index contributed by atoms with van der Waals surface area (Å²) in [5.74, 6) is 0. The number of hydrogen-bond acceptors (Lipinski definition) is 2. The van der Waals surface area contributed by atoms with E-state index in [-0.39, 0.29) is 5.41 Å². The van der Waals surface area contributed by atoms with Crippen molar-refractivity contribution >= 4 is 0 Å². The lowest BCUT2D eigenvalue weighted by molar-refractivity contribution is 0.520. The van der Waals surface area contributed by atoms with E-state index in [2.05, 4.69) is 42.2 Å². The van der Waals surface area contributed by atoms with Gasteiger partial charge in [0.05, 0.1) is 5.69 Å². The molecule has 0 aliphatic rings. The van der Waals surface area contributed by atoms with E-state index in [4.69, 9.17) is 5.73 Å². The van der Waals surface area contributed by atoms with Crippen LogP contribution in [0.5, 0.6) is 0 Å². The van der Waals surface area contributed by atoms with E-state index < -0.39 is 0 Å². The molecule has 0 unspecified atom stereocenters. The van der Waals surface area contributed by atoms with Crippen molar-refractivity contribution in [3.8, 4) is 11.3 Å². The fourth-order valence-corrected chi connectivity index (χ4v) is 1.54. The Kier molecular flexibility index (Phi) is 2.79. The Morgan fingerprint density at radius 3 is 2.56 bits per heavy atom. The Bertz CT molecular complexity index is 457. The molecule has 3 N–H and O–H groups in total. The monoisotopic (exact) mass is 215 g/mol. The average Bonchev–Trinajstić information content (AvgIpc) is 2.80. The molecule has 16 heavy (non-hydrogen) atoms. The van der Waals surface area contributed by atoms with Gasteiger partial charge in [-0.1, -0.05) is 44.2 Å². The second-order valence-corrected chi connectivity index (χ2v) is 4.62. The lowest BCUT2D eigenvalue weighted by atomic mass is 9.89. The summed E-state index contributed by atoms with van der Waals surface area (Å²) < 4.78 is 0. The highest BCUT2D eigenvalue weighted by molar-refractivity contribution is 5.59. The maximum Gasteiger partial charge on any atom is 0.0923 e. The highest BCUT2D eigenvalue weighted by atomic mass is 15.1. The first-order valence-electron chi connectivity index (χ1n) is 5.45. The van der Waals surface area contributed by atoms with E-state index in [0.29, 0.717) is 6.54 Å². The van der Waals surface area contributed by atoms with Gasteiger partial charge in [-0.15, -0.1) is 0 Å². The molecule has 2 rings (SSSR count). The zero-order valence-corrected chi connectivity index (χ0v) is 9.70. The molecule has 0 spiro atoms. The van der Waals surface area contributed by atoms with Crippen LogP contribution in [-0.2, 0) is 5.41 Å². The molecule has 2 aromatic rings. The zero-order chi connectivity index (χ0) is 11.6. The predicted octanol–water partition coefficient (Wildman–Crippen LogP) is 2.31. The maximum atomic E-state index is 5.74. The lowest BCUT2D eigenvalue weighted by Crippen LogP contribution is -2.28.